The standard InChI is InChI=1S/C12H27NO2/c1-11(2,6-5-7-14)8-13-9-12(3,4)10-15/h13-15H,5-10H2,1-4H3. The molecule has 0 radical (unpaired) electrons. The minimum Gasteiger partial charge on any atom is -0.396 e. The summed E-state index contributed by atoms with van der Waals surface area (Å²) in [6.45, 7) is 10.7. The predicted octanol–water partition coefficient (Wildman–Crippen LogP) is 1.39. The molecule has 0 amide bonds. The maximum Gasteiger partial charge on any atom is 0.0494 e. The number of aliphatic hydroxyl groups excluding tert-OH is 2. The monoisotopic (exact) mass is 217 g/mol. The van der Waals surface area contributed by atoms with Crippen molar-refractivity contribution in [1.29, 1.82) is 0 Å². The SMILES string of the molecule is CC(C)(CO)CNCC(C)(C)CCCO. The first-order valence-electron chi connectivity index (χ1n) is 5.75. The van der Waals surface area contributed by atoms with E-state index in [1.807, 2.05) is 13.8 Å². The van der Waals surface area contributed by atoms with Gasteiger partial charge < -0.3 is 15.5 Å². The zero-order chi connectivity index (χ0) is 11.9. The fourth-order valence-electron chi connectivity index (χ4n) is 1.44. The van der Waals surface area contributed by atoms with E-state index >= 15 is 0 Å². The predicted molar refractivity (Wildman–Crippen MR) is 63.8 cm³/mol. The lowest BCUT2D eigenvalue weighted by atomic mass is 9.87. The van der Waals surface area contributed by atoms with Crippen molar-refractivity contribution in [2.75, 3.05) is 26.3 Å². The van der Waals surface area contributed by atoms with Gasteiger partial charge in [0.25, 0.3) is 0 Å². The van der Waals surface area contributed by atoms with Crippen molar-refractivity contribution in [1.82, 2.24) is 5.32 Å². The summed E-state index contributed by atoms with van der Waals surface area (Å²) in [4.78, 5) is 0. The summed E-state index contributed by atoms with van der Waals surface area (Å²) in [7, 11) is 0. The van der Waals surface area contributed by atoms with Crippen LogP contribution in [0.3, 0.4) is 0 Å². The van der Waals surface area contributed by atoms with Crippen LogP contribution in [0.5, 0.6) is 0 Å². The van der Waals surface area contributed by atoms with Gasteiger partial charge >= 0.3 is 0 Å². The Balaban J connectivity index is 3.74. The van der Waals surface area contributed by atoms with Crippen LogP contribution in [0.1, 0.15) is 40.5 Å². The lowest BCUT2D eigenvalue weighted by Gasteiger charge is -2.28. The molecule has 92 valence electrons. The van der Waals surface area contributed by atoms with Crippen molar-refractivity contribution >= 4 is 0 Å². The first-order valence-corrected chi connectivity index (χ1v) is 5.75. The molecule has 3 heteroatoms. The van der Waals surface area contributed by atoms with E-state index in [0.717, 1.165) is 25.9 Å². The Labute approximate surface area is 93.9 Å². The average Bonchev–Trinajstić information content (AvgIpc) is 2.14. The first kappa shape index (κ1) is 14.9. The Morgan fingerprint density at radius 1 is 0.933 bits per heavy atom. The van der Waals surface area contributed by atoms with Gasteiger partial charge in [0.05, 0.1) is 0 Å². The van der Waals surface area contributed by atoms with Crippen LogP contribution in [0, 0.1) is 10.8 Å². The number of rotatable bonds is 8. The van der Waals surface area contributed by atoms with Gasteiger partial charge in [-0.3, -0.25) is 0 Å². The van der Waals surface area contributed by atoms with Crippen LogP contribution in [-0.4, -0.2) is 36.5 Å². The van der Waals surface area contributed by atoms with Gasteiger partial charge in [-0.2, -0.15) is 0 Å². The smallest absolute Gasteiger partial charge is 0.0494 e. The van der Waals surface area contributed by atoms with Crippen LogP contribution in [-0.2, 0) is 0 Å². The van der Waals surface area contributed by atoms with Crippen LogP contribution >= 0.6 is 0 Å². The largest absolute Gasteiger partial charge is 0.396 e. The average molecular weight is 217 g/mol. The van der Waals surface area contributed by atoms with Gasteiger partial charge in [0.1, 0.15) is 0 Å². The third-order valence-electron chi connectivity index (χ3n) is 2.65. The lowest BCUT2D eigenvalue weighted by molar-refractivity contribution is 0.150. The molecule has 0 unspecified atom stereocenters. The van der Waals surface area contributed by atoms with Crippen molar-refractivity contribution in [2.45, 2.75) is 40.5 Å². The van der Waals surface area contributed by atoms with Crippen molar-refractivity contribution in [3.63, 3.8) is 0 Å². The normalized spacial score (nSPS) is 13.2. The Morgan fingerprint density at radius 2 is 1.47 bits per heavy atom. The maximum absolute atomic E-state index is 9.09. The van der Waals surface area contributed by atoms with Crippen LogP contribution in [0.25, 0.3) is 0 Å². The summed E-state index contributed by atoms with van der Waals surface area (Å²) in [5.41, 5.74) is 0.168. The number of nitrogens with one attached hydrogen (secondary N) is 1. The second-order valence-corrected chi connectivity index (χ2v) is 5.92. The molecule has 0 rings (SSSR count). The van der Waals surface area contributed by atoms with E-state index in [2.05, 4.69) is 19.2 Å². The Kier molecular flexibility index (Phi) is 6.41. The van der Waals surface area contributed by atoms with E-state index in [4.69, 9.17) is 10.2 Å². The Morgan fingerprint density at radius 3 is 1.93 bits per heavy atom. The van der Waals surface area contributed by atoms with E-state index in [-0.39, 0.29) is 24.0 Å². The van der Waals surface area contributed by atoms with Crippen molar-refractivity contribution < 1.29 is 10.2 Å². The summed E-state index contributed by atoms with van der Waals surface area (Å²) in [6.07, 6.45) is 1.88. The molecule has 0 atom stereocenters. The molecule has 0 saturated heterocycles. The van der Waals surface area contributed by atoms with Crippen LogP contribution < -0.4 is 5.32 Å². The molecule has 0 aliphatic rings. The third-order valence-corrected chi connectivity index (χ3v) is 2.65. The number of aliphatic hydroxyl groups is 2. The fraction of sp³-hybridized carbons (Fsp3) is 1.00. The molecule has 0 aliphatic heterocycles. The molecule has 0 spiro atoms. The lowest BCUT2D eigenvalue weighted by Crippen LogP contribution is -2.37. The van der Waals surface area contributed by atoms with Crippen LogP contribution in [0.2, 0.25) is 0 Å². The highest BCUT2D eigenvalue weighted by Crippen LogP contribution is 2.21. The van der Waals surface area contributed by atoms with Gasteiger partial charge in [-0.25, -0.2) is 0 Å². The molecular weight excluding hydrogens is 190 g/mol. The molecular formula is C12H27NO2. The molecule has 3 nitrogen and oxygen atoms in total. The molecule has 0 aromatic rings. The summed E-state index contributed by atoms with van der Waals surface area (Å²) in [5.74, 6) is 0. The third kappa shape index (κ3) is 7.77. The summed E-state index contributed by atoms with van der Waals surface area (Å²) in [5, 5.41) is 21.2. The molecule has 0 saturated carbocycles. The number of hydrogen-bond donors (Lipinski definition) is 3. The molecule has 3 N–H and O–H groups in total. The highest BCUT2D eigenvalue weighted by Gasteiger charge is 2.20. The summed E-state index contributed by atoms with van der Waals surface area (Å²) in [6, 6.07) is 0. The molecule has 0 bridgehead atoms. The van der Waals surface area contributed by atoms with E-state index in [0.29, 0.717) is 0 Å². The highest BCUT2D eigenvalue weighted by atomic mass is 16.3. The molecule has 0 aromatic heterocycles. The van der Waals surface area contributed by atoms with Gasteiger partial charge in [0.2, 0.25) is 0 Å². The van der Waals surface area contributed by atoms with E-state index in [1.54, 1.807) is 0 Å². The first-order chi connectivity index (χ1) is 6.83. The summed E-state index contributed by atoms with van der Waals surface area (Å²) < 4.78 is 0. The summed E-state index contributed by atoms with van der Waals surface area (Å²) >= 11 is 0. The quantitative estimate of drug-likeness (QED) is 0.576. The van der Waals surface area contributed by atoms with Crippen molar-refractivity contribution in [2.24, 2.45) is 10.8 Å². The van der Waals surface area contributed by atoms with E-state index < -0.39 is 0 Å². The fourth-order valence-corrected chi connectivity index (χ4v) is 1.44. The highest BCUT2D eigenvalue weighted by molar-refractivity contribution is 4.75. The van der Waals surface area contributed by atoms with Gasteiger partial charge in [0, 0.05) is 31.7 Å². The Bertz CT molecular complexity index is 167. The Hall–Kier alpha value is -0.120. The molecule has 0 heterocycles. The van der Waals surface area contributed by atoms with Gasteiger partial charge in [-0.1, -0.05) is 27.7 Å². The van der Waals surface area contributed by atoms with Crippen LogP contribution in [0.15, 0.2) is 0 Å². The molecule has 0 fully saturated rings. The van der Waals surface area contributed by atoms with Crippen molar-refractivity contribution in [3.8, 4) is 0 Å². The van der Waals surface area contributed by atoms with E-state index in [9.17, 15) is 0 Å². The zero-order valence-corrected chi connectivity index (χ0v) is 10.6. The minimum atomic E-state index is -0.0486. The van der Waals surface area contributed by atoms with Gasteiger partial charge in [0.15, 0.2) is 0 Å². The van der Waals surface area contributed by atoms with Crippen molar-refractivity contribution in [3.05, 3.63) is 0 Å². The second kappa shape index (κ2) is 6.46. The second-order valence-electron chi connectivity index (χ2n) is 5.92. The molecule has 0 aliphatic carbocycles. The molecule has 0 aromatic carbocycles. The van der Waals surface area contributed by atoms with Gasteiger partial charge in [-0.15, -0.1) is 0 Å². The zero-order valence-electron chi connectivity index (χ0n) is 10.6. The molecule has 15 heavy (non-hydrogen) atoms. The van der Waals surface area contributed by atoms with Crippen LogP contribution in [0.4, 0.5) is 0 Å². The van der Waals surface area contributed by atoms with Gasteiger partial charge in [-0.05, 0) is 18.3 Å². The van der Waals surface area contributed by atoms with E-state index in [1.165, 1.54) is 0 Å². The maximum atomic E-state index is 9.09. The minimum absolute atomic E-state index is 0.0486. The number of hydrogen-bond acceptors (Lipinski definition) is 3. The topological polar surface area (TPSA) is 52.5 Å².